The normalized spacial score (nSPS) is 18.8. The highest BCUT2D eigenvalue weighted by atomic mass is 15.3. The summed E-state index contributed by atoms with van der Waals surface area (Å²) in [5.41, 5.74) is 1.04. The standard InChI is InChI=1S/C15H23N7/c1-4-13-16-14(19-18-13)10-22-9-5-6-12(22)11-7-8-15(20-17-11)21(2)3/h7-8,12H,4-6,9-10H2,1-3H3,(H,16,18,19). The van der Waals surface area contributed by atoms with E-state index in [1.54, 1.807) is 0 Å². The van der Waals surface area contributed by atoms with Crippen LogP contribution in [0.5, 0.6) is 0 Å². The van der Waals surface area contributed by atoms with E-state index in [-0.39, 0.29) is 0 Å². The van der Waals surface area contributed by atoms with Gasteiger partial charge < -0.3 is 4.90 Å². The Labute approximate surface area is 130 Å². The van der Waals surface area contributed by atoms with Crippen LogP contribution in [0.2, 0.25) is 0 Å². The number of rotatable bonds is 5. The summed E-state index contributed by atoms with van der Waals surface area (Å²) in [6.45, 7) is 3.91. The summed E-state index contributed by atoms with van der Waals surface area (Å²) >= 11 is 0. The molecular weight excluding hydrogens is 278 g/mol. The molecule has 3 heterocycles. The van der Waals surface area contributed by atoms with Gasteiger partial charge in [0.05, 0.1) is 18.3 Å². The fourth-order valence-electron chi connectivity index (χ4n) is 2.86. The van der Waals surface area contributed by atoms with Gasteiger partial charge >= 0.3 is 0 Å². The molecule has 1 fully saturated rings. The van der Waals surface area contributed by atoms with E-state index in [1.165, 1.54) is 6.42 Å². The number of nitrogens with one attached hydrogen (secondary N) is 1. The number of likely N-dealkylation sites (tertiary alicyclic amines) is 1. The molecule has 1 N–H and O–H groups in total. The Kier molecular flexibility index (Phi) is 4.33. The molecule has 0 aromatic carbocycles. The summed E-state index contributed by atoms with van der Waals surface area (Å²) in [5, 5.41) is 16.0. The van der Waals surface area contributed by atoms with Gasteiger partial charge in [-0.2, -0.15) is 10.2 Å². The second kappa shape index (κ2) is 6.39. The topological polar surface area (TPSA) is 73.8 Å². The van der Waals surface area contributed by atoms with Crippen LogP contribution in [0.4, 0.5) is 5.82 Å². The second-order valence-corrected chi connectivity index (χ2v) is 5.89. The molecule has 118 valence electrons. The molecule has 1 saturated heterocycles. The van der Waals surface area contributed by atoms with E-state index in [9.17, 15) is 0 Å². The number of hydrogen-bond donors (Lipinski definition) is 1. The van der Waals surface area contributed by atoms with Crippen molar-refractivity contribution < 1.29 is 0 Å². The van der Waals surface area contributed by atoms with Crippen LogP contribution in [-0.4, -0.2) is 50.9 Å². The number of aromatic amines is 1. The first kappa shape index (κ1) is 14.9. The van der Waals surface area contributed by atoms with Crippen LogP contribution in [-0.2, 0) is 13.0 Å². The first-order valence-electron chi connectivity index (χ1n) is 7.82. The smallest absolute Gasteiger partial charge is 0.150 e. The zero-order valence-electron chi connectivity index (χ0n) is 13.5. The second-order valence-electron chi connectivity index (χ2n) is 5.89. The van der Waals surface area contributed by atoms with E-state index in [0.29, 0.717) is 6.04 Å². The lowest BCUT2D eigenvalue weighted by Gasteiger charge is -2.22. The van der Waals surface area contributed by atoms with E-state index in [0.717, 1.165) is 49.1 Å². The third kappa shape index (κ3) is 3.09. The minimum absolute atomic E-state index is 0.318. The third-order valence-electron chi connectivity index (χ3n) is 4.08. The van der Waals surface area contributed by atoms with Gasteiger partial charge in [0.25, 0.3) is 0 Å². The van der Waals surface area contributed by atoms with Crippen molar-refractivity contribution in [2.45, 2.75) is 38.8 Å². The molecule has 0 radical (unpaired) electrons. The number of H-pyrrole nitrogens is 1. The number of hydrogen-bond acceptors (Lipinski definition) is 6. The highest BCUT2D eigenvalue weighted by molar-refractivity contribution is 5.35. The van der Waals surface area contributed by atoms with Gasteiger partial charge in [-0.25, -0.2) is 4.98 Å². The molecule has 22 heavy (non-hydrogen) atoms. The molecule has 1 aliphatic heterocycles. The van der Waals surface area contributed by atoms with Crippen molar-refractivity contribution in [1.82, 2.24) is 30.3 Å². The average Bonchev–Trinajstić information content (AvgIpc) is 3.17. The van der Waals surface area contributed by atoms with Gasteiger partial charge in [0.15, 0.2) is 5.82 Å². The van der Waals surface area contributed by atoms with Crippen LogP contribution in [0.3, 0.4) is 0 Å². The van der Waals surface area contributed by atoms with Crippen molar-refractivity contribution in [3.63, 3.8) is 0 Å². The molecule has 1 aliphatic rings. The minimum atomic E-state index is 0.318. The maximum absolute atomic E-state index is 4.51. The fraction of sp³-hybridized carbons (Fsp3) is 0.600. The Bertz CT molecular complexity index is 605. The van der Waals surface area contributed by atoms with Crippen molar-refractivity contribution >= 4 is 5.82 Å². The van der Waals surface area contributed by atoms with Gasteiger partial charge in [-0.3, -0.25) is 10.00 Å². The molecule has 0 aliphatic carbocycles. The van der Waals surface area contributed by atoms with Gasteiger partial charge in [0, 0.05) is 20.5 Å². The molecule has 7 nitrogen and oxygen atoms in total. The van der Waals surface area contributed by atoms with Crippen LogP contribution in [0.25, 0.3) is 0 Å². The van der Waals surface area contributed by atoms with Gasteiger partial charge in [-0.15, -0.1) is 5.10 Å². The predicted octanol–water partition coefficient (Wildman–Crippen LogP) is 1.56. The van der Waals surface area contributed by atoms with Crippen molar-refractivity contribution in [2.75, 3.05) is 25.5 Å². The largest absolute Gasteiger partial charge is 0.361 e. The molecule has 0 spiro atoms. The molecule has 7 heteroatoms. The lowest BCUT2D eigenvalue weighted by Crippen LogP contribution is -2.24. The summed E-state index contributed by atoms with van der Waals surface area (Å²) < 4.78 is 0. The van der Waals surface area contributed by atoms with Gasteiger partial charge in [0.1, 0.15) is 11.6 Å². The van der Waals surface area contributed by atoms with Gasteiger partial charge in [-0.1, -0.05) is 6.92 Å². The lowest BCUT2D eigenvalue weighted by atomic mass is 10.1. The van der Waals surface area contributed by atoms with Crippen LogP contribution in [0.1, 0.15) is 43.1 Å². The first-order valence-corrected chi connectivity index (χ1v) is 7.82. The quantitative estimate of drug-likeness (QED) is 0.903. The summed E-state index contributed by atoms with van der Waals surface area (Å²) in [7, 11) is 3.95. The van der Waals surface area contributed by atoms with E-state index in [1.807, 2.05) is 25.1 Å². The Morgan fingerprint density at radius 3 is 2.82 bits per heavy atom. The SMILES string of the molecule is CCc1n[nH]c(CN2CCCC2c2ccc(N(C)C)nn2)n1. The molecule has 2 aromatic heterocycles. The van der Waals surface area contributed by atoms with E-state index in [4.69, 9.17) is 0 Å². The highest BCUT2D eigenvalue weighted by Gasteiger charge is 2.28. The Morgan fingerprint density at radius 1 is 1.32 bits per heavy atom. The van der Waals surface area contributed by atoms with E-state index >= 15 is 0 Å². The molecule has 3 rings (SSSR count). The van der Waals surface area contributed by atoms with Crippen molar-refractivity contribution in [3.05, 3.63) is 29.5 Å². The molecule has 2 aromatic rings. The van der Waals surface area contributed by atoms with Crippen LogP contribution in [0, 0.1) is 0 Å². The molecule has 1 unspecified atom stereocenters. The Morgan fingerprint density at radius 2 is 2.18 bits per heavy atom. The Balaban J connectivity index is 1.72. The summed E-state index contributed by atoms with van der Waals surface area (Å²) in [4.78, 5) is 8.87. The van der Waals surface area contributed by atoms with Crippen molar-refractivity contribution in [2.24, 2.45) is 0 Å². The molecule has 0 amide bonds. The predicted molar refractivity (Wildman–Crippen MR) is 84.5 cm³/mol. The fourth-order valence-corrected chi connectivity index (χ4v) is 2.86. The van der Waals surface area contributed by atoms with E-state index < -0.39 is 0 Å². The number of anilines is 1. The first-order chi connectivity index (χ1) is 10.7. The third-order valence-corrected chi connectivity index (χ3v) is 4.08. The van der Waals surface area contributed by atoms with Crippen LogP contribution >= 0.6 is 0 Å². The van der Waals surface area contributed by atoms with Crippen LogP contribution in [0.15, 0.2) is 12.1 Å². The zero-order valence-corrected chi connectivity index (χ0v) is 13.5. The molecule has 1 atom stereocenters. The number of aromatic nitrogens is 5. The lowest BCUT2D eigenvalue weighted by molar-refractivity contribution is 0.237. The average molecular weight is 301 g/mol. The number of nitrogens with zero attached hydrogens (tertiary/aromatic N) is 6. The highest BCUT2D eigenvalue weighted by Crippen LogP contribution is 2.31. The maximum atomic E-state index is 4.51. The summed E-state index contributed by atoms with van der Waals surface area (Å²) in [5.74, 6) is 2.69. The Hall–Kier alpha value is -2.02. The monoisotopic (exact) mass is 301 g/mol. The van der Waals surface area contributed by atoms with Crippen molar-refractivity contribution in [1.29, 1.82) is 0 Å². The molecule has 0 bridgehead atoms. The maximum Gasteiger partial charge on any atom is 0.150 e. The van der Waals surface area contributed by atoms with Gasteiger partial charge in [-0.05, 0) is 31.5 Å². The van der Waals surface area contributed by atoms with Crippen LogP contribution < -0.4 is 4.90 Å². The summed E-state index contributed by atoms with van der Waals surface area (Å²) in [6, 6.07) is 4.44. The molecular formula is C15H23N7. The van der Waals surface area contributed by atoms with Gasteiger partial charge in [0.2, 0.25) is 0 Å². The molecule has 0 saturated carbocycles. The van der Waals surface area contributed by atoms with Crippen molar-refractivity contribution in [3.8, 4) is 0 Å². The minimum Gasteiger partial charge on any atom is -0.361 e. The van der Waals surface area contributed by atoms with E-state index in [2.05, 4.69) is 43.3 Å². The number of aryl methyl sites for hydroxylation is 1. The zero-order chi connectivity index (χ0) is 15.5. The summed E-state index contributed by atoms with van der Waals surface area (Å²) in [6.07, 6.45) is 3.15.